The maximum atomic E-state index is 11.7. The van der Waals surface area contributed by atoms with Gasteiger partial charge in [-0.2, -0.15) is 0 Å². The number of carbonyl (C=O) groups excluding carboxylic acids is 1. The molecule has 1 aromatic carbocycles. The summed E-state index contributed by atoms with van der Waals surface area (Å²) in [4.78, 5) is 11.7. The van der Waals surface area contributed by atoms with Crippen molar-refractivity contribution in [1.29, 1.82) is 0 Å². The zero-order chi connectivity index (χ0) is 11.7. The third-order valence-electron chi connectivity index (χ3n) is 2.46. The van der Waals surface area contributed by atoms with Crippen LogP contribution < -0.4 is 10.6 Å². The number of carbonyl (C=O) groups is 1. The summed E-state index contributed by atoms with van der Waals surface area (Å²) in [6, 6.07) is 5.31. The quantitative estimate of drug-likeness (QED) is 0.787. The summed E-state index contributed by atoms with van der Waals surface area (Å²) in [6.07, 6.45) is -0.465. The topological polar surface area (TPSA) is 61.4 Å². The van der Waals surface area contributed by atoms with Gasteiger partial charge in [-0.25, -0.2) is 0 Å². The van der Waals surface area contributed by atoms with Crippen molar-refractivity contribution in [2.75, 3.05) is 11.9 Å². The molecule has 0 aliphatic carbocycles. The van der Waals surface area contributed by atoms with Gasteiger partial charge in [0.15, 0.2) is 0 Å². The highest BCUT2D eigenvalue weighted by molar-refractivity contribution is 9.10. The number of hydrogen-bond donors (Lipinski definition) is 3. The van der Waals surface area contributed by atoms with Crippen molar-refractivity contribution in [3.05, 3.63) is 28.2 Å². The number of hydrogen-bond acceptors (Lipinski definition) is 3. The molecule has 1 aliphatic rings. The first-order valence-corrected chi connectivity index (χ1v) is 5.89. The average Bonchev–Trinajstić information content (AvgIpc) is 2.50. The number of anilines is 1. The minimum Gasteiger partial charge on any atom is -0.392 e. The lowest BCUT2D eigenvalue weighted by molar-refractivity contribution is -0.117. The summed E-state index contributed by atoms with van der Waals surface area (Å²) in [5, 5.41) is 15.0. The van der Waals surface area contributed by atoms with E-state index in [1.54, 1.807) is 6.92 Å². The molecule has 4 nitrogen and oxygen atoms in total. The molecule has 0 saturated heterocycles. The van der Waals surface area contributed by atoms with Gasteiger partial charge in [-0.15, -0.1) is 0 Å². The van der Waals surface area contributed by atoms with E-state index in [2.05, 4.69) is 26.6 Å². The first kappa shape index (κ1) is 11.6. The van der Waals surface area contributed by atoms with Gasteiger partial charge in [0.05, 0.1) is 6.10 Å². The smallest absolute Gasteiger partial charge is 0.246 e. The molecule has 0 saturated carbocycles. The summed E-state index contributed by atoms with van der Waals surface area (Å²) in [5.41, 5.74) is 1.75. The van der Waals surface area contributed by atoms with E-state index in [4.69, 9.17) is 0 Å². The van der Waals surface area contributed by atoms with E-state index in [1.807, 2.05) is 18.2 Å². The van der Waals surface area contributed by atoms with Crippen LogP contribution in [0, 0.1) is 0 Å². The summed E-state index contributed by atoms with van der Waals surface area (Å²) in [5.74, 6) is -0.0752. The van der Waals surface area contributed by atoms with Gasteiger partial charge in [-0.3, -0.25) is 10.1 Å². The summed E-state index contributed by atoms with van der Waals surface area (Å²) in [6.45, 7) is 2.08. The lowest BCUT2D eigenvalue weighted by Gasteiger charge is -2.12. The summed E-state index contributed by atoms with van der Waals surface area (Å²) >= 11 is 3.36. The Morgan fingerprint density at radius 1 is 1.62 bits per heavy atom. The molecule has 1 amide bonds. The molecule has 0 fully saturated rings. The predicted molar refractivity (Wildman–Crippen MR) is 65.2 cm³/mol. The molecule has 0 aromatic heterocycles. The standard InChI is InChI=1S/C11H13BrN2O2/c1-6(15)5-13-10-8-3-2-7(12)4-9(8)14-11(10)16/h2-4,6,10,13,15H,5H2,1H3,(H,14,16). The van der Waals surface area contributed by atoms with Gasteiger partial charge in [-0.05, 0) is 19.1 Å². The van der Waals surface area contributed by atoms with Gasteiger partial charge in [0, 0.05) is 22.3 Å². The second kappa shape index (κ2) is 4.53. The maximum Gasteiger partial charge on any atom is 0.246 e. The van der Waals surface area contributed by atoms with Crippen LogP contribution >= 0.6 is 15.9 Å². The fourth-order valence-electron chi connectivity index (χ4n) is 1.73. The van der Waals surface area contributed by atoms with Crippen LogP contribution in [0.25, 0.3) is 0 Å². The van der Waals surface area contributed by atoms with Crippen LogP contribution in [-0.4, -0.2) is 23.7 Å². The number of fused-ring (bicyclic) bond motifs is 1. The highest BCUT2D eigenvalue weighted by Crippen LogP contribution is 2.32. The fraction of sp³-hybridized carbons (Fsp3) is 0.364. The molecule has 5 heteroatoms. The van der Waals surface area contributed by atoms with E-state index in [-0.39, 0.29) is 11.9 Å². The van der Waals surface area contributed by atoms with Crippen LogP contribution in [0.4, 0.5) is 5.69 Å². The molecule has 3 N–H and O–H groups in total. The largest absolute Gasteiger partial charge is 0.392 e. The molecule has 86 valence electrons. The van der Waals surface area contributed by atoms with Crippen molar-refractivity contribution in [2.45, 2.75) is 19.1 Å². The number of nitrogens with one attached hydrogen (secondary N) is 2. The molecule has 1 aliphatic heterocycles. The van der Waals surface area contributed by atoms with Gasteiger partial charge in [-0.1, -0.05) is 22.0 Å². The van der Waals surface area contributed by atoms with E-state index >= 15 is 0 Å². The highest BCUT2D eigenvalue weighted by atomic mass is 79.9. The Morgan fingerprint density at radius 2 is 2.38 bits per heavy atom. The molecule has 0 bridgehead atoms. The Labute approximate surface area is 102 Å². The van der Waals surface area contributed by atoms with Crippen molar-refractivity contribution in [3.63, 3.8) is 0 Å². The first-order chi connectivity index (χ1) is 7.58. The Kier molecular flexibility index (Phi) is 3.28. The van der Waals surface area contributed by atoms with Crippen molar-refractivity contribution >= 4 is 27.5 Å². The monoisotopic (exact) mass is 284 g/mol. The van der Waals surface area contributed by atoms with Crippen LogP contribution in [0.2, 0.25) is 0 Å². The predicted octanol–water partition coefficient (Wildman–Crippen LogP) is 1.41. The van der Waals surface area contributed by atoms with Crippen molar-refractivity contribution in [2.24, 2.45) is 0 Å². The SMILES string of the molecule is CC(O)CNC1C(=O)Nc2cc(Br)ccc21. The Morgan fingerprint density at radius 3 is 3.06 bits per heavy atom. The molecule has 16 heavy (non-hydrogen) atoms. The van der Waals surface area contributed by atoms with Gasteiger partial charge in [0.25, 0.3) is 0 Å². The molecule has 0 radical (unpaired) electrons. The number of rotatable bonds is 3. The molecule has 0 spiro atoms. The normalized spacial score (nSPS) is 20.4. The molecule has 2 atom stereocenters. The van der Waals surface area contributed by atoms with Crippen LogP contribution in [0.15, 0.2) is 22.7 Å². The van der Waals surface area contributed by atoms with Gasteiger partial charge < -0.3 is 10.4 Å². The summed E-state index contributed by atoms with van der Waals surface area (Å²) in [7, 11) is 0. The molecule has 2 rings (SSSR count). The zero-order valence-electron chi connectivity index (χ0n) is 8.83. The number of aliphatic hydroxyl groups is 1. The molecular formula is C11H13BrN2O2. The number of halogens is 1. The van der Waals surface area contributed by atoms with Gasteiger partial charge in [0.2, 0.25) is 5.91 Å². The molecule has 2 unspecified atom stereocenters. The minimum atomic E-state index is -0.465. The van der Waals surface area contributed by atoms with E-state index in [0.717, 1.165) is 15.7 Å². The Hall–Kier alpha value is -0.910. The van der Waals surface area contributed by atoms with Gasteiger partial charge >= 0.3 is 0 Å². The zero-order valence-corrected chi connectivity index (χ0v) is 10.4. The third-order valence-corrected chi connectivity index (χ3v) is 2.96. The maximum absolute atomic E-state index is 11.7. The van der Waals surface area contributed by atoms with Gasteiger partial charge in [0.1, 0.15) is 6.04 Å². The van der Waals surface area contributed by atoms with E-state index in [9.17, 15) is 9.90 Å². The average molecular weight is 285 g/mol. The minimum absolute atomic E-state index is 0.0752. The lowest BCUT2D eigenvalue weighted by atomic mass is 10.1. The Balaban J connectivity index is 2.19. The van der Waals surface area contributed by atoms with Crippen LogP contribution in [-0.2, 0) is 4.79 Å². The third kappa shape index (κ3) is 2.26. The first-order valence-electron chi connectivity index (χ1n) is 5.09. The number of benzene rings is 1. The molecular weight excluding hydrogens is 272 g/mol. The lowest BCUT2D eigenvalue weighted by Crippen LogP contribution is -2.32. The Bertz CT molecular complexity index is 420. The van der Waals surface area contributed by atoms with E-state index in [1.165, 1.54) is 0 Å². The number of amides is 1. The summed E-state index contributed by atoms with van der Waals surface area (Å²) < 4.78 is 0.933. The number of aliphatic hydroxyl groups excluding tert-OH is 1. The van der Waals surface area contributed by atoms with E-state index in [0.29, 0.717) is 6.54 Å². The van der Waals surface area contributed by atoms with Crippen LogP contribution in [0.5, 0.6) is 0 Å². The second-order valence-corrected chi connectivity index (χ2v) is 4.83. The van der Waals surface area contributed by atoms with Crippen molar-refractivity contribution < 1.29 is 9.90 Å². The highest BCUT2D eigenvalue weighted by Gasteiger charge is 2.30. The van der Waals surface area contributed by atoms with Crippen molar-refractivity contribution in [1.82, 2.24) is 5.32 Å². The molecule has 1 aromatic rings. The van der Waals surface area contributed by atoms with Crippen molar-refractivity contribution in [3.8, 4) is 0 Å². The van der Waals surface area contributed by atoms with Crippen LogP contribution in [0.3, 0.4) is 0 Å². The second-order valence-electron chi connectivity index (χ2n) is 3.91. The van der Waals surface area contributed by atoms with E-state index < -0.39 is 6.10 Å². The fourth-order valence-corrected chi connectivity index (χ4v) is 2.09. The van der Waals surface area contributed by atoms with Crippen LogP contribution in [0.1, 0.15) is 18.5 Å². The molecule has 1 heterocycles.